The van der Waals surface area contributed by atoms with Gasteiger partial charge < -0.3 is 10.2 Å². The van der Waals surface area contributed by atoms with Gasteiger partial charge in [0.25, 0.3) is 0 Å². The molecule has 0 aliphatic carbocycles. The number of fused-ring (bicyclic) bond motifs is 1. The van der Waals surface area contributed by atoms with Gasteiger partial charge in [-0.05, 0) is 48.9 Å². The van der Waals surface area contributed by atoms with Crippen LogP contribution in [0.5, 0.6) is 0 Å². The van der Waals surface area contributed by atoms with Crippen molar-refractivity contribution in [3.05, 3.63) is 59.4 Å². The van der Waals surface area contributed by atoms with Crippen LogP contribution in [0.25, 0.3) is 0 Å². The van der Waals surface area contributed by atoms with Gasteiger partial charge in [-0.1, -0.05) is 18.2 Å². The molecule has 0 amide bonds. The lowest BCUT2D eigenvalue weighted by molar-refractivity contribution is 0.623. The molecule has 2 aromatic rings. The number of nitrogens with one attached hydrogen (secondary N) is 1. The van der Waals surface area contributed by atoms with Gasteiger partial charge >= 0.3 is 0 Å². The second-order valence-corrected chi connectivity index (χ2v) is 4.83. The Labute approximate surface area is 112 Å². The maximum absolute atomic E-state index is 13.4. The van der Waals surface area contributed by atoms with Crippen LogP contribution in [0.1, 0.15) is 11.1 Å². The number of hydrogen-bond acceptors (Lipinski definition) is 2. The predicted molar refractivity (Wildman–Crippen MR) is 76.3 cm³/mol. The van der Waals surface area contributed by atoms with E-state index in [1.54, 1.807) is 6.07 Å². The molecule has 1 aliphatic heterocycles. The maximum Gasteiger partial charge on any atom is 0.123 e. The summed E-state index contributed by atoms with van der Waals surface area (Å²) in [5.41, 5.74) is 4.70. The molecule has 0 saturated heterocycles. The van der Waals surface area contributed by atoms with E-state index in [1.807, 2.05) is 13.1 Å². The molecular weight excluding hydrogens is 239 g/mol. The van der Waals surface area contributed by atoms with Crippen molar-refractivity contribution < 1.29 is 4.39 Å². The van der Waals surface area contributed by atoms with Crippen molar-refractivity contribution in [2.45, 2.75) is 13.0 Å². The van der Waals surface area contributed by atoms with Crippen molar-refractivity contribution in [1.29, 1.82) is 0 Å². The largest absolute Gasteiger partial charge is 0.341 e. The summed E-state index contributed by atoms with van der Waals surface area (Å²) in [6.07, 6.45) is 1.05. The number of anilines is 2. The highest BCUT2D eigenvalue weighted by molar-refractivity contribution is 5.72. The molecule has 0 atom stereocenters. The molecule has 1 aliphatic rings. The quantitative estimate of drug-likeness (QED) is 0.907. The van der Waals surface area contributed by atoms with E-state index < -0.39 is 0 Å². The fourth-order valence-corrected chi connectivity index (χ4v) is 2.74. The number of hydrogen-bond donors (Lipinski definition) is 1. The van der Waals surface area contributed by atoms with E-state index in [2.05, 4.69) is 34.5 Å². The average Bonchev–Trinajstić information content (AvgIpc) is 2.83. The molecule has 0 unspecified atom stereocenters. The van der Waals surface area contributed by atoms with Crippen molar-refractivity contribution in [2.24, 2.45) is 0 Å². The molecule has 19 heavy (non-hydrogen) atoms. The van der Waals surface area contributed by atoms with E-state index in [1.165, 1.54) is 17.3 Å². The lowest BCUT2D eigenvalue weighted by Gasteiger charge is -2.23. The third-order valence-corrected chi connectivity index (χ3v) is 3.59. The van der Waals surface area contributed by atoms with Crippen LogP contribution < -0.4 is 10.2 Å². The van der Waals surface area contributed by atoms with Crippen molar-refractivity contribution in [2.75, 3.05) is 18.5 Å². The van der Waals surface area contributed by atoms with Gasteiger partial charge in [-0.15, -0.1) is 0 Å². The molecular formula is C16H17FN2. The molecule has 3 rings (SSSR count). The predicted octanol–water partition coefficient (Wildman–Crippen LogP) is 3.24. The van der Waals surface area contributed by atoms with Crippen LogP contribution >= 0.6 is 0 Å². The molecule has 0 saturated carbocycles. The number of para-hydroxylation sites is 1. The van der Waals surface area contributed by atoms with E-state index in [-0.39, 0.29) is 5.82 Å². The Morgan fingerprint density at radius 3 is 2.84 bits per heavy atom. The Bertz CT molecular complexity index is 595. The minimum absolute atomic E-state index is 0.179. The van der Waals surface area contributed by atoms with E-state index in [9.17, 15) is 4.39 Å². The van der Waals surface area contributed by atoms with Gasteiger partial charge in [-0.3, -0.25) is 0 Å². The third-order valence-electron chi connectivity index (χ3n) is 3.59. The first-order valence-electron chi connectivity index (χ1n) is 6.58. The average molecular weight is 256 g/mol. The Balaban J connectivity index is 2.04. The standard InChI is InChI=1S/C16H17FN2/c1-18-11-13-10-14(17)6-7-16(13)19-9-8-12-4-2-3-5-15(12)19/h2-7,10,18H,8-9,11H2,1H3. The van der Waals surface area contributed by atoms with Gasteiger partial charge in [-0.2, -0.15) is 0 Å². The van der Waals surface area contributed by atoms with Crippen LogP contribution in [0, 0.1) is 5.82 Å². The maximum atomic E-state index is 13.4. The highest BCUT2D eigenvalue weighted by Crippen LogP contribution is 2.36. The van der Waals surface area contributed by atoms with Crippen molar-refractivity contribution >= 4 is 11.4 Å². The minimum Gasteiger partial charge on any atom is -0.341 e. The summed E-state index contributed by atoms with van der Waals surface area (Å²) >= 11 is 0. The number of rotatable bonds is 3. The lowest BCUT2D eigenvalue weighted by atomic mass is 10.1. The monoisotopic (exact) mass is 256 g/mol. The zero-order chi connectivity index (χ0) is 13.2. The summed E-state index contributed by atoms with van der Waals surface area (Å²) in [6, 6.07) is 13.5. The number of benzene rings is 2. The zero-order valence-corrected chi connectivity index (χ0v) is 11.0. The smallest absolute Gasteiger partial charge is 0.123 e. The van der Waals surface area contributed by atoms with Crippen LogP contribution in [0.3, 0.4) is 0 Å². The molecule has 98 valence electrons. The summed E-state index contributed by atoms with van der Waals surface area (Å²) in [4.78, 5) is 2.28. The van der Waals surface area contributed by atoms with Crippen LogP contribution in [0.15, 0.2) is 42.5 Å². The Kier molecular flexibility index (Phi) is 3.22. The van der Waals surface area contributed by atoms with Gasteiger partial charge in [0.1, 0.15) is 5.82 Å². The highest BCUT2D eigenvalue weighted by atomic mass is 19.1. The fraction of sp³-hybridized carbons (Fsp3) is 0.250. The van der Waals surface area contributed by atoms with E-state index in [0.717, 1.165) is 24.2 Å². The summed E-state index contributed by atoms with van der Waals surface area (Å²) in [7, 11) is 1.88. The summed E-state index contributed by atoms with van der Waals surface area (Å²) in [5.74, 6) is -0.179. The summed E-state index contributed by atoms with van der Waals surface area (Å²) in [6.45, 7) is 1.63. The van der Waals surface area contributed by atoms with Crippen molar-refractivity contribution in [1.82, 2.24) is 5.32 Å². The molecule has 1 N–H and O–H groups in total. The van der Waals surface area contributed by atoms with Gasteiger partial charge in [0.2, 0.25) is 0 Å². The Morgan fingerprint density at radius 1 is 1.16 bits per heavy atom. The van der Waals surface area contributed by atoms with Gasteiger partial charge in [-0.25, -0.2) is 4.39 Å². The first kappa shape index (κ1) is 12.2. The van der Waals surface area contributed by atoms with E-state index >= 15 is 0 Å². The number of halogens is 1. The molecule has 0 bridgehead atoms. The normalized spacial score (nSPS) is 13.7. The SMILES string of the molecule is CNCc1cc(F)ccc1N1CCc2ccccc21. The Morgan fingerprint density at radius 2 is 2.00 bits per heavy atom. The first-order valence-corrected chi connectivity index (χ1v) is 6.58. The molecule has 2 nitrogen and oxygen atoms in total. The molecule has 0 spiro atoms. The van der Waals surface area contributed by atoms with E-state index in [0.29, 0.717) is 6.54 Å². The summed E-state index contributed by atoms with van der Waals surface area (Å²) in [5, 5.41) is 3.11. The molecule has 0 aromatic heterocycles. The molecule has 3 heteroatoms. The van der Waals surface area contributed by atoms with Gasteiger partial charge in [0.05, 0.1) is 0 Å². The minimum atomic E-state index is -0.179. The van der Waals surface area contributed by atoms with Crippen molar-refractivity contribution in [3.8, 4) is 0 Å². The summed E-state index contributed by atoms with van der Waals surface area (Å²) < 4.78 is 13.4. The van der Waals surface area contributed by atoms with Crippen LogP contribution in [-0.4, -0.2) is 13.6 Å². The molecule has 0 radical (unpaired) electrons. The highest BCUT2D eigenvalue weighted by Gasteiger charge is 2.21. The lowest BCUT2D eigenvalue weighted by Crippen LogP contribution is -2.17. The second-order valence-electron chi connectivity index (χ2n) is 4.83. The fourth-order valence-electron chi connectivity index (χ4n) is 2.74. The van der Waals surface area contributed by atoms with Crippen LogP contribution in [0.2, 0.25) is 0 Å². The van der Waals surface area contributed by atoms with Crippen LogP contribution in [0.4, 0.5) is 15.8 Å². The van der Waals surface area contributed by atoms with E-state index in [4.69, 9.17) is 0 Å². The van der Waals surface area contributed by atoms with Gasteiger partial charge in [0.15, 0.2) is 0 Å². The first-order chi connectivity index (χ1) is 9.29. The topological polar surface area (TPSA) is 15.3 Å². The van der Waals surface area contributed by atoms with Crippen molar-refractivity contribution in [3.63, 3.8) is 0 Å². The molecule has 0 fully saturated rings. The second kappa shape index (κ2) is 5.02. The Hall–Kier alpha value is -1.87. The third kappa shape index (κ3) is 2.22. The van der Waals surface area contributed by atoms with Gasteiger partial charge in [0, 0.05) is 24.5 Å². The molecule has 1 heterocycles. The zero-order valence-electron chi connectivity index (χ0n) is 11.0. The molecule has 2 aromatic carbocycles. The van der Waals surface area contributed by atoms with Crippen LogP contribution in [-0.2, 0) is 13.0 Å². The number of nitrogens with zero attached hydrogens (tertiary/aromatic N) is 1.